The number of hydrogen-bond donors (Lipinski definition) is 1. The van der Waals surface area contributed by atoms with E-state index in [9.17, 15) is 5.11 Å². The Bertz CT molecular complexity index is 641. The van der Waals surface area contributed by atoms with Crippen LogP contribution in [-0.4, -0.2) is 18.7 Å². The fraction of sp³-hybridized carbons (Fsp3) is 0.333. The Morgan fingerprint density at radius 1 is 1.24 bits per heavy atom. The molecule has 0 aromatic heterocycles. The van der Waals surface area contributed by atoms with Crippen LogP contribution in [0.5, 0.6) is 0 Å². The van der Waals surface area contributed by atoms with Gasteiger partial charge in [0.1, 0.15) is 0 Å². The molecule has 0 fully saturated rings. The lowest BCUT2D eigenvalue weighted by atomic mass is 9.95. The van der Waals surface area contributed by atoms with Crippen LogP contribution in [0.25, 0.3) is 0 Å². The van der Waals surface area contributed by atoms with Crippen molar-refractivity contribution in [1.29, 1.82) is 0 Å². The number of aryl methyl sites for hydroxylation is 1. The molecule has 3 heteroatoms. The van der Waals surface area contributed by atoms with E-state index in [2.05, 4.69) is 24.1 Å². The summed E-state index contributed by atoms with van der Waals surface area (Å²) in [6.07, 6.45) is 2.30. The maximum Gasteiger partial charge on any atom is 0.0831 e. The van der Waals surface area contributed by atoms with Gasteiger partial charge >= 0.3 is 0 Å². The molecule has 1 atom stereocenters. The van der Waals surface area contributed by atoms with E-state index < -0.39 is 6.10 Å². The number of fused-ring (bicyclic) bond motifs is 1. The predicted octanol–water partition coefficient (Wildman–Crippen LogP) is 4.00. The summed E-state index contributed by atoms with van der Waals surface area (Å²) in [4.78, 5) is 2.28. The van der Waals surface area contributed by atoms with Gasteiger partial charge in [0.05, 0.1) is 6.10 Å². The molecule has 0 bridgehead atoms. The van der Waals surface area contributed by atoms with Crippen molar-refractivity contribution in [2.24, 2.45) is 0 Å². The van der Waals surface area contributed by atoms with Crippen molar-refractivity contribution in [2.75, 3.05) is 18.5 Å². The van der Waals surface area contributed by atoms with Gasteiger partial charge in [-0.3, -0.25) is 0 Å². The normalized spacial score (nSPS) is 15.7. The van der Waals surface area contributed by atoms with Crippen molar-refractivity contribution in [3.8, 4) is 0 Å². The molecule has 3 rings (SSSR count). The lowest BCUT2D eigenvalue weighted by Crippen LogP contribution is -2.24. The Labute approximate surface area is 131 Å². The Hall–Kier alpha value is -1.51. The van der Waals surface area contributed by atoms with Crippen LogP contribution in [0.4, 0.5) is 5.69 Å². The van der Waals surface area contributed by atoms with Gasteiger partial charge in [-0.05, 0) is 41.7 Å². The lowest BCUT2D eigenvalue weighted by Gasteiger charge is -2.28. The maximum atomic E-state index is 10.5. The van der Waals surface area contributed by atoms with Crippen LogP contribution < -0.4 is 4.90 Å². The van der Waals surface area contributed by atoms with Crippen LogP contribution in [0, 0.1) is 0 Å². The quantitative estimate of drug-likeness (QED) is 0.926. The second kappa shape index (κ2) is 6.08. The monoisotopic (exact) mass is 301 g/mol. The maximum absolute atomic E-state index is 10.5. The van der Waals surface area contributed by atoms with E-state index in [4.69, 9.17) is 11.6 Å². The summed E-state index contributed by atoms with van der Waals surface area (Å²) in [5.41, 5.74) is 4.58. The molecule has 0 aliphatic carbocycles. The topological polar surface area (TPSA) is 23.5 Å². The van der Waals surface area contributed by atoms with Crippen LogP contribution in [0.2, 0.25) is 5.02 Å². The van der Waals surface area contributed by atoms with Crippen molar-refractivity contribution >= 4 is 17.3 Å². The zero-order chi connectivity index (χ0) is 14.8. The van der Waals surface area contributed by atoms with Gasteiger partial charge in [0.15, 0.2) is 0 Å². The molecule has 2 aromatic carbocycles. The van der Waals surface area contributed by atoms with E-state index in [1.165, 1.54) is 17.7 Å². The molecular weight excluding hydrogens is 282 g/mol. The van der Waals surface area contributed by atoms with E-state index >= 15 is 0 Å². The Morgan fingerprint density at radius 2 is 2.05 bits per heavy atom. The molecule has 1 heterocycles. The molecule has 1 N–H and O–H groups in total. The minimum absolute atomic E-state index is 0.512. The van der Waals surface area contributed by atoms with Gasteiger partial charge in [0, 0.05) is 30.7 Å². The van der Waals surface area contributed by atoms with Crippen LogP contribution in [0.1, 0.15) is 29.2 Å². The van der Waals surface area contributed by atoms with Crippen LogP contribution in [-0.2, 0) is 12.8 Å². The first-order valence-corrected chi connectivity index (χ1v) is 7.78. The van der Waals surface area contributed by atoms with Gasteiger partial charge in [0.25, 0.3) is 0 Å². The highest BCUT2D eigenvalue weighted by Gasteiger charge is 2.17. The molecule has 110 valence electrons. The fourth-order valence-electron chi connectivity index (χ4n) is 3.00. The van der Waals surface area contributed by atoms with Gasteiger partial charge in [-0.25, -0.2) is 0 Å². The molecule has 0 spiro atoms. The van der Waals surface area contributed by atoms with E-state index in [0.29, 0.717) is 11.4 Å². The van der Waals surface area contributed by atoms with Crippen molar-refractivity contribution in [1.82, 2.24) is 0 Å². The van der Waals surface area contributed by atoms with Gasteiger partial charge in [-0.1, -0.05) is 41.9 Å². The number of rotatable bonds is 3. The van der Waals surface area contributed by atoms with E-state index in [-0.39, 0.29) is 0 Å². The summed E-state index contributed by atoms with van der Waals surface area (Å²) in [5.74, 6) is 0. The van der Waals surface area contributed by atoms with E-state index in [0.717, 1.165) is 24.1 Å². The molecule has 21 heavy (non-hydrogen) atoms. The lowest BCUT2D eigenvalue weighted by molar-refractivity contribution is 0.178. The van der Waals surface area contributed by atoms with Gasteiger partial charge in [-0.15, -0.1) is 0 Å². The molecule has 1 aliphatic rings. The second-order valence-electron chi connectivity index (χ2n) is 5.72. The standard InChI is InChI=1S/C18H20ClNO/c1-20-10-4-6-14-11-15(8-9-17(14)20)18(21)12-13-5-2-3-7-16(13)19/h2-3,5,7-9,11,18,21H,4,6,10,12H2,1H3. The summed E-state index contributed by atoms with van der Waals surface area (Å²) in [7, 11) is 2.12. The summed E-state index contributed by atoms with van der Waals surface area (Å²) < 4.78 is 0. The van der Waals surface area contributed by atoms with E-state index in [1.807, 2.05) is 30.3 Å². The summed E-state index contributed by atoms with van der Waals surface area (Å²) in [5, 5.41) is 11.2. The van der Waals surface area contributed by atoms with Crippen molar-refractivity contribution < 1.29 is 5.11 Å². The number of hydrogen-bond acceptors (Lipinski definition) is 2. The first-order valence-electron chi connectivity index (χ1n) is 7.40. The largest absolute Gasteiger partial charge is 0.388 e. The third kappa shape index (κ3) is 3.07. The van der Waals surface area contributed by atoms with Crippen molar-refractivity contribution in [3.63, 3.8) is 0 Å². The minimum Gasteiger partial charge on any atom is -0.388 e. The van der Waals surface area contributed by atoms with Gasteiger partial charge in [-0.2, -0.15) is 0 Å². The minimum atomic E-state index is -0.512. The van der Waals surface area contributed by atoms with Gasteiger partial charge < -0.3 is 10.0 Å². The first kappa shape index (κ1) is 14.4. The average Bonchev–Trinajstić information content (AvgIpc) is 2.49. The highest BCUT2D eigenvalue weighted by atomic mass is 35.5. The van der Waals surface area contributed by atoms with Crippen molar-refractivity contribution in [3.05, 3.63) is 64.2 Å². The van der Waals surface area contributed by atoms with Crippen LogP contribution >= 0.6 is 11.6 Å². The number of aliphatic hydroxyl groups is 1. The molecule has 0 saturated heterocycles. The zero-order valence-electron chi connectivity index (χ0n) is 12.2. The fourth-order valence-corrected chi connectivity index (χ4v) is 3.22. The molecule has 1 unspecified atom stereocenters. The molecule has 2 nitrogen and oxygen atoms in total. The number of nitrogens with zero attached hydrogens (tertiary/aromatic N) is 1. The Morgan fingerprint density at radius 3 is 2.86 bits per heavy atom. The Balaban J connectivity index is 1.82. The summed E-state index contributed by atoms with van der Waals surface area (Å²) in [6.45, 7) is 1.11. The number of halogens is 1. The van der Waals surface area contributed by atoms with E-state index in [1.54, 1.807) is 0 Å². The molecule has 0 saturated carbocycles. The number of aliphatic hydroxyl groups excluding tert-OH is 1. The molecule has 0 amide bonds. The number of benzene rings is 2. The molecular formula is C18H20ClNO. The third-order valence-corrected chi connectivity index (χ3v) is 4.58. The summed E-state index contributed by atoms with van der Waals surface area (Å²) >= 11 is 6.17. The average molecular weight is 302 g/mol. The SMILES string of the molecule is CN1CCCc2cc(C(O)Cc3ccccc3Cl)ccc21. The van der Waals surface area contributed by atoms with Crippen LogP contribution in [0.3, 0.4) is 0 Å². The third-order valence-electron chi connectivity index (χ3n) is 4.21. The second-order valence-corrected chi connectivity index (χ2v) is 6.13. The first-order chi connectivity index (χ1) is 10.1. The smallest absolute Gasteiger partial charge is 0.0831 e. The van der Waals surface area contributed by atoms with Crippen molar-refractivity contribution in [2.45, 2.75) is 25.4 Å². The molecule has 0 radical (unpaired) electrons. The Kier molecular flexibility index (Phi) is 4.18. The molecule has 2 aromatic rings. The highest BCUT2D eigenvalue weighted by molar-refractivity contribution is 6.31. The summed E-state index contributed by atoms with van der Waals surface area (Å²) in [6, 6.07) is 14.0. The number of anilines is 1. The van der Waals surface area contributed by atoms with Gasteiger partial charge in [0.2, 0.25) is 0 Å². The predicted molar refractivity (Wildman–Crippen MR) is 88.1 cm³/mol. The zero-order valence-corrected chi connectivity index (χ0v) is 13.0. The molecule has 1 aliphatic heterocycles. The highest BCUT2D eigenvalue weighted by Crippen LogP contribution is 2.30. The van der Waals surface area contributed by atoms with Crippen LogP contribution in [0.15, 0.2) is 42.5 Å².